The highest BCUT2D eigenvalue weighted by atomic mass is 16.4. The van der Waals surface area contributed by atoms with E-state index in [4.69, 9.17) is 21.6 Å². The number of nitrogens with one attached hydrogen (secondary N) is 10. The summed E-state index contributed by atoms with van der Waals surface area (Å²) in [7, 11) is 0. The van der Waals surface area contributed by atoms with Gasteiger partial charge >= 0.3 is 11.6 Å². The van der Waals surface area contributed by atoms with Gasteiger partial charge in [0.05, 0.1) is 25.7 Å². The standard InChI is InChI=1S/C60H95N15O16/c1-9-74(10-2)38-20-19-37-28-39(60(90)91-46(37)29-38)52(81)64-24-14-12-16-40(62)53(82)67-32-50(79)75-25-15-18-45(75)58(87)72-42(21-22-47(63)76)54(83)65-31-49(78)70-44(27-34(5)6)57(86)73-43(26-33(3)4)55(84)66-30-48(77)68-35(7)51(80)71-41(17-11-13-23-61)56(85)69-36(8)59(88)89/h19-20,28-29,33-36,40-45H,9-18,21-27,30-32,61-62H2,1-8H3,(H2,63,76)(H,64,81)(H,65,83)(H,66,84)(H,67,82)(H,68,77)(H,69,85)(H,70,78)(H,71,80)(H,72,87)(H,73,86)(H,88,89)/t35-,36-,40-,41-,42-,43-,44-,45-/m0/s1. The van der Waals surface area contributed by atoms with Crippen molar-refractivity contribution in [3.8, 4) is 0 Å². The smallest absolute Gasteiger partial charge is 0.349 e. The van der Waals surface area contributed by atoms with Gasteiger partial charge in [-0.3, -0.25) is 62.3 Å². The molecule has 0 saturated carbocycles. The zero-order chi connectivity index (χ0) is 68.1. The van der Waals surface area contributed by atoms with Crippen molar-refractivity contribution in [3.05, 3.63) is 40.2 Å². The largest absolute Gasteiger partial charge is 0.480 e. The van der Waals surface area contributed by atoms with Crippen LogP contribution in [0.1, 0.15) is 143 Å². The van der Waals surface area contributed by atoms with E-state index in [2.05, 4.69) is 58.1 Å². The molecule has 0 aliphatic carbocycles. The van der Waals surface area contributed by atoms with Crippen molar-refractivity contribution >= 4 is 93.5 Å². The normalized spacial score (nSPS) is 15.1. The molecule has 31 heteroatoms. The number of likely N-dealkylation sites (tertiary alicyclic amines) is 1. The number of carbonyl (C=O) groups excluding carboxylic acids is 12. The molecule has 1 aliphatic heterocycles. The SMILES string of the molecule is CCN(CC)c1ccc2cc(C(=O)NCCCC[C@H](N)C(=O)NCC(=O)N3CCC[C@H]3C(=O)N[C@@H](CCC(N)=O)C(=O)NCC(=O)N[C@@H](CC(C)C)C(=O)N[C@@H](CC(C)C)C(=O)NCC(=O)N[C@@H](C)C(=O)N[C@@H](CCCCN)C(=O)N[C@@H](C)C(=O)O)c(=O)oc2c1. The Labute approximate surface area is 529 Å². The molecule has 0 unspecified atom stereocenters. The minimum Gasteiger partial charge on any atom is -0.480 e. The van der Waals surface area contributed by atoms with Crippen LogP contribution < -0.4 is 80.9 Å². The lowest BCUT2D eigenvalue weighted by Crippen LogP contribution is -2.57. The molecule has 17 N–H and O–H groups in total. The van der Waals surface area contributed by atoms with E-state index in [9.17, 15) is 72.2 Å². The van der Waals surface area contributed by atoms with Crippen molar-refractivity contribution in [1.29, 1.82) is 0 Å². The third kappa shape index (κ3) is 26.3. The van der Waals surface area contributed by atoms with E-state index in [1.807, 2.05) is 19.9 Å². The van der Waals surface area contributed by atoms with Gasteiger partial charge in [0.2, 0.25) is 65.0 Å². The predicted octanol–water partition coefficient (Wildman–Crippen LogP) is -2.27. The summed E-state index contributed by atoms with van der Waals surface area (Å²) in [6.07, 6.45) is 2.16. The number of nitrogens with two attached hydrogens (primary N) is 3. The Morgan fingerprint density at radius 1 is 0.637 bits per heavy atom. The highest BCUT2D eigenvalue weighted by molar-refractivity contribution is 5.99. The first-order valence-corrected chi connectivity index (χ1v) is 31.0. The molecule has 2 aromatic rings. The van der Waals surface area contributed by atoms with Gasteiger partial charge in [0.25, 0.3) is 5.91 Å². The van der Waals surface area contributed by atoms with Crippen LogP contribution in [-0.2, 0) is 57.5 Å². The van der Waals surface area contributed by atoms with Crippen LogP contribution in [0.25, 0.3) is 11.0 Å². The van der Waals surface area contributed by atoms with Gasteiger partial charge in [-0.05, 0) is 135 Å². The summed E-state index contributed by atoms with van der Waals surface area (Å²) in [5.74, 6) is -10.7. The quantitative estimate of drug-likeness (QED) is 0.0247. The lowest BCUT2D eigenvalue weighted by Gasteiger charge is -2.27. The maximum atomic E-state index is 13.8. The molecule has 31 nitrogen and oxygen atoms in total. The number of primary amides is 1. The number of aliphatic carboxylic acids is 1. The molecule has 1 fully saturated rings. The number of fused-ring (bicyclic) bond motifs is 1. The minimum atomic E-state index is -1.42. The summed E-state index contributed by atoms with van der Waals surface area (Å²) < 4.78 is 5.47. The molecule has 1 saturated heterocycles. The fraction of sp³-hybridized carbons (Fsp3) is 0.633. The van der Waals surface area contributed by atoms with Gasteiger partial charge in [0.1, 0.15) is 53.4 Å². The average molecular weight is 1280 g/mol. The van der Waals surface area contributed by atoms with Crippen LogP contribution in [0.4, 0.5) is 5.69 Å². The van der Waals surface area contributed by atoms with E-state index in [1.54, 1.807) is 39.8 Å². The molecule has 0 bridgehead atoms. The van der Waals surface area contributed by atoms with Crippen molar-refractivity contribution in [3.63, 3.8) is 0 Å². The highest BCUT2D eigenvalue weighted by Crippen LogP contribution is 2.23. The lowest BCUT2D eigenvalue weighted by atomic mass is 10.00. The number of carboxylic acids is 1. The van der Waals surface area contributed by atoms with Crippen molar-refractivity contribution in [1.82, 2.24) is 58.1 Å². The Morgan fingerprint density at radius 3 is 1.81 bits per heavy atom. The van der Waals surface area contributed by atoms with Crippen LogP contribution in [-0.4, -0.2) is 188 Å². The third-order valence-corrected chi connectivity index (χ3v) is 14.9. The average Bonchev–Trinajstić information content (AvgIpc) is 1.25. The second-order valence-electron chi connectivity index (χ2n) is 23.3. The monoisotopic (exact) mass is 1280 g/mol. The molecule has 1 aromatic heterocycles. The highest BCUT2D eigenvalue weighted by Gasteiger charge is 2.37. The van der Waals surface area contributed by atoms with E-state index >= 15 is 0 Å². The van der Waals surface area contributed by atoms with Gasteiger partial charge in [0, 0.05) is 49.7 Å². The predicted molar refractivity (Wildman–Crippen MR) is 335 cm³/mol. The van der Waals surface area contributed by atoms with Gasteiger partial charge in [-0.15, -0.1) is 0 Å². The molecule has 1 aliphatic rings. The third-order valence-electron chi connectivity index (χ3n) is 14.9. The molecule has 1 aromatic carbocycles. The molecule has 506 valence electrons. The summed E-state index contributed by atoms with van der Waals surface area (Å²) in [5.41, 5.74) is 17.4. The van der Waals surface area contributed by atoms with Crippen molar-refractivity contribution in [2.24, 2.45) is 29.0 Å². The zero-order valence-electron chi connectivity index (χ0n) is 53.4. The van der Waals surface area contributed by atoms with Gasteiger partial charge < -0.3 is 89.7 Å². The van der Waals surface area contributed by atoms with E-state index in [1.165, 1.54) is 24.8 Å². The molecular weight excluding hydrogens is 1190 g/mol. The van der Waals surface area contributed by atoms with Crippen molar-refractivity contribution in [2.75, 3.05) is 57.3 Å². The molecule has 0 radical (unpaired) electrons. The summed E-state index contributed by atoms with van der Waals surface area (Å²) in [4.78, 5) is 185. The first kappa shape index (κ1) is 76.5. The fourth-order valence-corrected chi connectivity index (χ4v) is 9.81. The summed E-state index contributed by atoms with van der Waals surface area (Å²) in [6.45, 7) is 14.0. The maximum Gasteiger partial charge on any atom is 0.349 e. The Kier molecular flexibility index (Phi) is 32.6. The number of carbonyl (C=O) groups is 13. The van der Waals surface area contributed by atoms with Crippen molar-refractivity contribution < 1.29 is 71.9 Å². The van der Waals surface area contributed by atoms with Crippen LogP contribution in [0.15, 0.2) is 33.5 Å². The first-order valence-electron chi connectivity index (χ1n) is 31.0. The maximum absolute atomic E-state index is 13.8. The topological polar surface area (TPSA) is 477 Å². The second-order valence-corrected chi connectivity index (χ2v) is 23.3. The lowest BCUT2D eigenvalue weighted by molar-refractivity contribution is -0.141. The summed E-state index contributed by atoms with van der Waals surface area (Å²) in [6, 6.07) is -2.69. The number of hydrogen-bond acceptors (Lipinski definition) is 18. The van der Waals surface area contributed by atoms with Gasteiger partial charge in [0.15, 0.2) is 0 Å². The van der Waals surface area contributed by atoms with E-state index in [0.29, 0.717) is 49.6 Å². The van der Waals surface area contributed by atoms with E-state index in [-0.39, 0.29) is 75.4 Å². The van der Waals surface area contributed by atoms with E-state index in [0.717, 1.165) is 18.8 Å². The van der Waals surface area contributed by atoms with Gasteiger partial charge in [-0.1, -0.05) is 27.7 Å². The molecule has 91 heavy (non-hydrogen) atoms. The van der Waals surface area contributed by atoms with Crippen LogP contribution in [0, 0.1) is 11.8 Å². The number of nitrogens with zero attached hydrogens (tertiary/aromatic N) is 2. The Morgan fingerprint density at radius 2 is 1.21 bits per heavy atom. The van der Waals surface area contributed by atoms with E-state index < -0.39 is 150 Å². The van der Waals surface area contributed by atoms with Crippen LogP contribution >= 0.6 is 0 Å². The van der Waals surface area contributed by atoms with Crippen LogP contribution in [0.3, 0.4) is 0 Å². The zero-order valence-corrected chi connectivity index (χ0v) is 53.4. The molecule has 2 heterocycles. The minimum absolute atomic E-state index is 0.0711. The molecule has 0 spiro atoms. The molecule has 3 rings (SSSR count). The van der Waals surface area contributed by atoms with Gasteiger partial charge in [-0.25, -0.2) is 4.79 Å². The number of rotatable bonds is 40. The first-order chi connectivity index (χ1) is 43.0. The Bertz CT molecular complexity index is 2940. The number of anilines is 1. The number of hydrogen-bond donors (Lipinski definition) is 14. The molecule has 8 atom stereocenters. The summed E-state index contributed by atoms with van der Waals surface area (Å²) >= 11 is 0. The summed E-state index contributed by atoms with van der Waals surface area (Å²) in [5, 5.41) is 34.8. The number of carboxylic acid groups (broad SMARTS) is 1. The Hall–Kier alpha value is -8.74. The molecular formula is C60H95N15O16. The number of benzene rings is 1. The van der Waals surface area contributed by atoms with Gasteiger partial charge in [-0.2, -0.15) is 0 Å². The number of unbranched alkanes of at least 4 members (excludes halogenated alkanes) is 2. The Balaban J connectivity index is 1.52. The number of amides is 12. The van der Waals surface area contributed by atoms with Crippen molar-refractivity contribution in [2.45, 2.75) is 181 Å². The second kappa shape index (κ2) is 38.7. The van der Waals surface area contributed by atoms with Crippen LogP contribution in [0.2, 0.25) is 0 Å². The van der Waals surface area contributed by atoms with Crippen LogP contribution in [0.5, 0.6) is 0 Å². The molecule has 12 amide bonds. The fourth-order valence-electron chi connectivity index (χ4n) is 9.81.